The summed E-state index contributed by atoms with van der Waals surface area (Å²) >= 11 is 7.27. The summed E-state index contributed by atoms with van der Waals surface area (Å²) < 4.78 is 0. The number of amides is 1. The van der Waals surface area contributed by atoms with Crippen LogP contribution in [0.2, 0.25) is 0 Å². The Morgan fingerprint density at radius 1 is 1.12 bits per heavy atom. The molecule has 24 heavy (non-hydrogen) atoms. The van der Waals surface area contributed by atoms with E-state index < -0.39 is 0 Å². The Morgan fingerprint density at radius 3 is 2.42 bits per heavy atom. The van der Waals surface area contributed by atoms with Gasteiger partial charge in [-0.2, -0.15) is 0 Å². The minimum Gasteiger partial charge on any atom is -0.273 e. The van der Waals surface area contributed by atoms with E-state index in [0.717, 1.165) is 28.1 Å². The molecule has 122 valence electrons. The fourth-order valence-corrected chi connectivity index (χ4v) is 3.60. The summed E-state index contributed by atoms with van der Waals surface area (Å²) in [5.41, 5.74) is 4.87. The van der Waals surface area contributed by atoms with Crippen molar-refractivity contribution in [1.82, 2.24) is 4.98 Å². The molecule has 0 aliphatic heterocycles. The number of carbonyl (C=O) groups is 1. The zero-order valence-corrected chi connectivity index (χ0v) is 15.1. The number of aromatic nitrogens is 1. The van der Waals surface area contributed by atoms with Crippen molar-refractivity contribution in [3.63, 3.8) is 0 Å². The molecule has 2 aromatic carbocycles. The second-order valence-corrected chi connectivity index (χ2v) is 6.69. The van der Waals surface area contributed by atoms with Gasteiger partial charge >= 0.3 is 0 Å². The molecule has 0 saturated carbocycles. The van der Waals surface area contributed by atoms with Gasteiger partial charge in [-0.1, -0.05) is 36.4 Å². The maximum absolute atomic E-state index is 12.4. The van der Waals surface area contributed by atoms with Gasteiger partial charge in [0.15, 0.2) is 5.13 Å². The molecule has 0 fully saturated rings. The van der Waals surface area contributed by atoms with Gasteiger partial charge in [-0.3, -0.25) is 9.69 Å². The van der Waals surface area contributed by atoms with Gasteiger partial charge in [-0.15, -0.1) is 22.9 Å². The molecule has 5 heteroatoms. The van der Waals surface area contributed by atoms with Gasteiger partial charge < -0.3 is 0 Å². The SMILES string of the molecule is Cc1cc(C)cc(N(C(=O)CCl)c2nc(-c3ccccc3)cs2)c1. The molecule has 1 amide bonds. The first-order valence-electron chi connectivity index (χ1n) is 7.56. The predicted octanol–water partition coefficient (Wildman–Crippen LogP) is 5.33. The molecule has 0 unspecified atom stereocenters. The fraction of sp³-hybridized carbons (Fsp3) is 0.158. The van der Waals surface area contributed by atoms with Gasteiger partial charge in [0.25, 0.3) is 0 Å². The first-order valence-corrected chi connectivity index (χ1v) is 8.98. The minimum absolute atomic E-state index is 0.0900. The molecule has 1 heterocycles. The van der Waals surface area contributed by atoms with Gasteiger partial charge in [-0.25, -0.2) is 4.98 Å². The lowest BCUT2D eigenvalue weighted by atomic mass is 10.1. The average molecular weight is 357 g/mol. The van der Waals surface area contributed by atoms with Crippen molar-refractivity contribution in [2.75, 3.05) is 10.8 Å². The Morgan fingerprint density at radius 2 is 1.79 bits per heavy atom. The quantitative estimate of drug-likeness (QED) is 0.592. The molecule has 0 N–H and O–H groups in total. The third kappa shape index (κ3) is 3.50. The first-order chi connectivity index (χ1) is 11.6. The highest BCUT2D eigenvalue weighted by Gasteiger charge is 2.21. The number of nitrogens with zero attached hydrogens (tertiary/aromatic N) is 2. The molecule has 0 radical (unpaired) electrons. The van der Waals surface area contributed by atoms with E-state index in [1.807, 2.05) is 61.7 Å². The van der Waals surface area contributed by atoms with Crippen molar-refractivity contribution in [1.29, 1.82) is 0 Å². The van der Waals surface area contributed by atoms with Crippen LogP contribution in [0.3, 0.4) is 0 Å². The van der Waals surface area contributed by atoms with E-state index in [4.69, 9.17) is 11.6 Å². The zero-order valence-electron chi connectivity index (χ0n) is 13.5. The maximum Gasteiger partial charge on any atom is 0.248 e. The average Bonchev–Trinajstić information content (AvgIpc) is 3.04. The third-order valence-corrected chi connectivity index (χ3v) is 4.64. The number of benzene rings is 2. The summed E-state index contributed by atoms with van der Waals surface area (Å²) in [5.74, 6) is -0.275. The van der Waals surface area contributed by atoms with Crippen LogP contribution in [-0.4, -0.2) is 16.8 Å². The van der Waals surface area contributed by atoms with Gasteiger partial charge in [-0.05, 0) is 37.1 Å². The Bertz CT molecular complexity index is 841. The van der Waals surface area contributed by atoms with Crippen molar-refractivity contribution in [3.05, 3.63) is 65.0 Å². The molecule has 0 bridgehead atoms. The number of anilines is 2. The molecule has 0 atom stereocenters. The molecule has 3 aromatic rings. The smallest absolute Gasteiger partial charge is 0.248 e. The molecule has 3 nitrogen and oxygen atoms in total. The van der Waals surface area contributed by atoms with Crippen LogP contribution in [0.1, 0.15) is 11.1 Å². The van der Waals surface area contributed by atoms with E-state index in [1.165, 1.54) is 11.3 Å². The molecule has 0 spiro atoms. The number of hydrogen-bond donors (Lipinski definition) is 0. The number of thiazole rings is 1. The Kier molecular flexibility index (Phi) is 4.97. The first kappa shape index (κ1) is 16.7. The highest BCUT2D eigenvalue weighted by Crippen LogP contribution is 2.33. The molecule has 1 aromatic heterocycles. The summed E-state index contributed by atoms with van der Waals surface area (Å²) in [6.45, 7) is 4.02. The largest absolute Gasteiger partial charge is 0.273 e. The van der Waals surface area contributed by atoms with E-state index in [2.05, 4.69) is 11.1 Å². The fourth-order valence-electron chi connectivity index (χ4n) is 2.61. The van der Waals surface area contributed by atoms with Gasteiger partial charge in [0, 0.05) is 10.9 Å². The van der Waals surface area contributed by atoms with Gasteiger partial charge in [0.05, 0.1) is 11.4 Å². The number of alkyl halides is 1. The molecule has 3 rings (SSSR count). The lowest BCUT2D eigenvalue weighted by Gasteiger charge is -2.20. The van der Waals surface area contributed by atoms with Crippen molar-refractivity contribution in [2.45, 2.75) is 13.8 Å². The number of rotatable bonds is 4. The maximum atomic E-state index is 12.4. The van der Waals surface area contributed by atoms with Crippen LogP contribution < -0.4 is 4.90 Å². The van der Waals surface area contributed by atoms with Crippen molar-refractivity contribution < 1.29 is 4.79 Å². The molecular formula is C19H17ClN2OS. The normalized spacial score (nSPS) is 10.6. The van der Waals surface area contributed by atoms with Gasteiger partial charge in [0.2, 0.25) is 5.91 Å². The number of carbonyl (C=O) groups excluding carboxylic acids is 1. The van der Waals surface area contributed by atoms with Crippen LogP contribution >= 0.6 is 22.9 Å². The summed E-state index contributed by atoms with van der Waals surface area (Å²) in [5, 5.41) is 2.59. The van der Waals surface area contributed by atoms with E-state index >= 15 is 0 Å². The van der Waals surface area contributed by atoms with E-state index in [1.54, 1.807) is 4.90 Å². The van der Waals surface area contributed by atoms with Crippen LogP contribution in [0.15, 0.2) is 53.9 Å². The molecule has 0 saturated heterocycles. The van der Waals surface area contributed by atoms with E-state index in [-0.39, 0.29) is 11.8 Å². The standard InChI is InChI=1S/C19H17ClN2OS/c1-13-8-14(2)10-16(9-13)22(18(23)11-20)19-21-17(12-24-19)15-6-4-3-5-7-15/h3-10,12H,11H2,1-2H3. The van der Waals surface area contributed by atoms with Crippen LogP contribution in [0, 0.1) is 13.8 Å². The third-order valence-electron chi connectivity index (χ3n) is 3.58. The minimum atomic E-state index is -0.185. The molecule has 0 aliphatic carbocycles. The predicted molar refractivity (Wildman–Crippen MR) is 101 cm³/mol. The van der Waals surface area contributed by atoms with Crippen LogP contribution in [0.4, 0.5) is 10.8 Å². The number of aryl methyl sites for hydroxylation is 2. The summed E-state index contributed by atoms with van der Waals surface area (Å²) in [7, 11) is 0. The monoisotopic (exact) mass is 356 g/mol. The summed E-state index contributed by atoms with van der Waals surface area (Å²) in [6.07, 6.45) is 0. The second-order valence-electron chi connectivity index (χ2n) is 5.59. The summed E-state index contributed by atoms with van der Waals surface area (Å²) in [4.78, 5) is 18.7. The Balaban J connectivity index is 2.04. The highest BCUT2D eigenvalue weighted by atomic mass is 35.5. The number of halogens is 1. The molecular weight excluding hydrogens is 340 g/mol. The zero-order chi connectivity index (χ0) is 17.1. The van der Waals surface area contributed by atoms with Crippen LogP contribution in [-0.2, 0) is 4.79 Å². The topological polar surface area (TPSA) is 33.2 Å². The van der Waals surface area contributed by atoms with Crippen LogP contribution in [0.25, 0.3) is 11.3 Å². The Labute approximate surface area is 150 Å². The Hall–Kier alpha value is -2.17. The summed E-state index contributed by atoms with van der Waals surface area (Å²) in [6, 6.07) is 15.9. The lowest BCUT2D eigenvalue weighted by Crippen LogP contribution is -2.27. The van der Waals surface area contributed by atoms with Crippen molar-refractivity contribution in [2.24, 2.45) is 0 Å². The van der Waals surface area contributed by atoms with E-state index in [0.29, 0.717) is 5.13 Å². The molecule has 0 aliphatic rings. The number of hydrogen-bond acceptors (Lipinski definition) is 3. The van der Waals surface area contributed by atoms with Crippen LogP contribution in [0.5, 0.6) is 0 Å². The second kappa shape index (κ2) is 7.16. The highest BCUT2D eigenvalue weighted by molar-refractivity contribution is 7.14. The van der Waals surface area contributed by atoms with Crippen molar-refractivity contribution >= 4 is 39.7 Å². The lowest BCUT2D eigenvalue weighted by molar-refractivity contribution is -0.115. The van der Waals surface area contributed by atoms with Gasteiger partial charge in [0.1, 0.15) is 5.88 Å². The van der Waals surface area contributed by atoms with Crippen molar-refractivity contribution in [3.8, 4) is 11.3 Å². The van der Waals surface area contributed by atoms with E-state index in [9.17, 15) is 4.79 Å².